The Bertz CT molecular complexity index is 390. The van der Waals surface area contributed by atoms with Crippen molar-refractivity contribution in [3.8, 4) is 0 Å². The maximum atomic E-state index is 6.37. The van der Waals surface area contributed by atoms with Gasteiger partial charge < -0.3 is 10.1 Å². The van der Waals surface area contributed by atoms with Crippen molar-refractivity contribution in [3.63, 3.8) is 0 Å². The highest BCUT2D eigenvalue weighted by Crippen LogP contribution is 2.29. The topological polar surface area (TPSA) is 21.3 Å². The summed E-state index contributed by atoms with van der Waals surface area (Å²) in [5, 5.41) is 4.43. The molecule has 112 valence electrons. The molecule has 1 N–H and O–H groups in total. The number of benzene rings is 1. The molecule has 1 saturated heterocycles. The van der Waals surface area contributed by atoms with Crippen LogP contribution in [0.2, 0.25) is 5.02 Å². The molecule has 2 unspecified atom stereocenters. The molecule has 2 nitrogen and oxygen atoms in total. The van der Waals surface area contributed by atoms with E-state index in [0.717, 1.165) is 37.6 Å². The second-order valence-electron chi connectivity index (χ2n) is 5.63. The summed E-state index contributed by atoms with van der Waals surface area (Å²) >= 11 is 6.37. The quantitative estimate of drug-likeness (QED) is 0.719. The predicted molar refractivity (Wildman–Crippen MR) is 85.6 cm³/mol. The SMILES string of the molecule is CCCNCC(CCC1CCCO1)c1ccccc1Cl. The molecule has 0 saturated carbocycles. The molecule has 3 heteroatoms. The highest BCUT2D eigenvalue weighted by Gasteiger charge is 2.20. The van der Waals surface area contributed by atoms with Gasteiger partial charge in [-0.05, 0) is 56.2 Å². The average Bonchev–Trinajstić information content (AvgIpc) is 2.97. The number of nitrogens with one attached hydrogen (secondary N) is 1. The minimum Gasteiger partial charge on any atom is -0.378 e. The van der Waals surface area contributed by atoms with Crippen LogP contribution in [0.1, 0.15) is 50.5 Å². The van der Waals surface area contributed by atoms with Crippen LogP contribution in [0.5, 0.6) is 0 Å². The number of halogens is 1. The van der Waals surface area contributed by atoms with Crippen LogP contribution in [0.25, 0.3) is 0 Å². The molecule has 2 atom stereocenters. The third-order valence-electron chi connectivity index (χ3n) is 4.02. The number of hydrogen-bond acceptors (Lipinski definition) is 2. The van der Waals surface area contributed by atoms with Crippen molar-refractivity contribution >= 4 is 11.6 Å². The molecule has 1 aliphatic heterocycles. The third-order valence-corrected chi connectivity index (χ3v) is 4.37. The summed E-state index contributed by atoms with van der Waals surface area (Å²) in [6.45, 7) is 5.21. The molecule has 20 heavy (non-hydrogen) atoms. The molecule has 0 aromatic heterocycles. The van der Waals surface area contributed by atoms with E-state index in [1.165, 1.54) is 24.8 Å². The third kappa shape index (κ3) is 4.76. The van der Waals surface area contributed by atoms with Gasteiger partial charge in [0.25, 0.3) is 0 Å². The van der Waals surface area contributed by atoms with Crippen LogP contribution in [0, 0.1) is 0 Å². The molecule has 2 rings (SSSR count). The Balaban J connectivity index is 1.94. The molecule has 1 heterocycles. The Morgan fingerprint density at radius 2 is 2.25 bits per heavy atom. The highest BCUT2D eigenvalue weighted by molar-refractivity contribution is 6.31. The fraction of sp³-hybridized carbons (Fsp3) is 0.647. The van der Waals surface area contributed by atoms with Crippen molar-refractivity contribution < 1.29 is 4.74 Å². The molecular weight excluding hydrogens is 270 g/mol. The summed E-state index contributed by atoms with van der Waals surface area (Å²) < 4.78 is 5.74. The summed E-state index contributed by atoms with van der Waals surface area (Å²) in [6.07, 6.45) is 6.36. The lowest BCUT2D eigenvalue weighted by Crippen LogP contribution is -2.23. The van der Waals surface area contributed by atoms with Gasteiger partial charge in [0, 0.05) is 18.2 Å². The van der Waals surface area contributed by atoms with Crippen LogP contribution in [-0.2, 0) is 4.74 Å². The Hall–Kier alpha value is -0.570. The largest absolute Gasteiger partial charge is 0.378 e. The van der Waals surface area contributed by atoms with Crippen LogP contribution in [-0.4, -0.2) is 25.8 Å². The number of ether oxygens (including phenoxy) is 1. The molecule has 1 aliphatic rings. The van der Waals surface area contributed by atoms with E-state index in [4.69, 9.17) is 16.3 Å². The minimum absolute atomic E-state index is 0.464. The average molecular weight is 296 g/mol. The summed E-state index contributed by atoms with van der Waals surface area (Å²) in [4.78, 5) is 0. The molecule has 0 radical (unpaired) electrons. The van der Waals surface area contributed by atoms with E-state index in [1.807, 2.05) is 12.1 Å². The molecule has 0 spiro atoms. The lowest BCUT2D eigenvalue weighted by atomic mass is 9.92. The fourth-order valence-corrected chi connectivity index (χ4v) is 3.18. The normalized spacial score (nSPS) is 20.2. The summed E-state index contributed by atoms with van der Waals surface area (Å²) in [5.41, 5.74) is 1.27. The van der Waals surface area contributed by atoms with Gasteiger partial charge in [-0.2, -0.15) is 0 Å². The molecule has 0 amide bonds. The highest BCUT2D eigenvalue weighted by atomic mass is 35.5. The van der Waals surface area contributed by atoms with Crippen molar-refractivity contribution in [1.29, 1.82) is 0 Å². The summed E-state index contributed by atoms with van der Waals surface area (Å²) in [6, 6.07) is 8.24. The maximum absolute atomic E-state index is 6.37. The molecule has 1 aromatic rings. The number of rotatable bonds is 8. The van der Waals surface area contributed by atoms with E-state index in [1.54, 1.807) is 0 Å². The summed E-state index contributed by atoms with van der Waals surface area (Å²) in [5.74, 6) is 0.486. The Morgan fingerprint density at radius 3 is 2.95 bits per heavy atom. The molecule has 1 fully saturated rings. The van der Waals surface area contributed by atoms with Gasteiger partial charge in [0.1, 0.15) is 0 Å². The first-order chi connectivity index (χ1) is 9.81. The zero-order valence-corrected chi connectivity index (χ0v) is 13.2. The Kier molecular flexibility index (Phi) is 6.85. The van der Waals surface area contributed by atoms with Crippen molar-refractivity contribution in [1.82, 2.24) is 5.32 Å². The van der Waals surface area contributed by atoms with Crippen LogP contribution in [0.3, 0.4) is 0 Å². The van der Waals surface area contributed by atoms with Gasteiger partial charge in [0.05, 0.1) is 6.10 Å². The van der Waals surface area contributed by atoms with Crippen molar-refractivity contribution in [2.75, 3.05) is 19.7 Å². The first-order valence-electron chi connectivity index (χ1n) is 7.88. The van der Waals surface area contributed by atoms with Gasteiger partial charge >= 0.3 is 0 Å². The van der Waals surface area contributed by atoms with Crippen molar-refractivity contribution in [2.45, 2.75) is 51.0 Å². The minimum atomic E-state index is 0.464. The van der Waals surface area contributed by atoms with Crippen molar-refractivity contribution in [3.05, 3.63) is 34.9 Å². The second-order valence-corrected chi connectivity index (χ2v) is 6.04. The molecule has 0 bridgehead atoms. The van der Waals surface area contributed by atoms with Gasteiger partial charge in [-0.3, -0.25) is 0 Å². The molecule has 0 aliphatic carbocycles. The summed E-state index contributed by atoms with van der Waals surface area (Å²) in [7, 11) is 0. The first kappa shape index (κ1) is 15.8. The van der Waals surface area contributed by atoms with Crippen LogP contribution >= 0.6 is 11.6 Å². The molecular formula is C17H26ClNO. The molecule has 1 aromatic carbocycles. The van der Waals surface area contributed by atoms with Crippen molar-refractivity contribution in [2.24, 2.45) is 0 Å². The van der Waals surface area contributed by atoms with Gasteiger partial charge in [-0.1, -0.05) is 36.7 Å². The van der Waals surface area contributed by atoms with Crippen LogP contribution < -0.4 is 5.32 Å². The number of hydrogen-bond donors (Lipinski definition) is 1. The van der Waals surface area contributed by atoms with E-state index in [9.17, 15) is 0 Å². The zero-order chi connectivity index (χ0) is 14.2. The lowest BCUT2D eigenvalue weighted by molar-refractivity contribution is 0.101. The van der Waals surface area contributed by atoms with E-state index < -0.39 is 0 Å². The standard InChI is InChI=1S/C17H26ClNO/c1-2-11-19-13-14(9-10-15-6-5-12-20-15)16-7-3-4-8-17(16)18/h3-4,7-8,14-15,19H,2,5-6,9-13H2,1H3. The van der Waals surface area contributed by atoms with Gasteiger partial charge in [-0.15, -0.1) is 0 Å². The van der Waals surface area contributed by atoms with Gasteiger partial charge in [-0.25, -0.2) is 0 Å². The maximum Gasteiger partial charge on any atom is 0.0576 e. The van der Waals surface area contributed by atoms with E-state index in [-0.39, 0.29) is 0 Å². The van der Waals surface area contributed by atoms with Crippen LogP contribution in [0.4, 0.5) is 0 Å². The Morgan fingerprint density at radius 1 is 1.40 bits per heavy atom. The predicted octanol–water partition coefficient (Wildman–Crippen LogP) is 4.38. The van der Waals surface area contributed by atoms with E-state index >= 15 is 0 Å². The van der Waals surface area contributed by atoms with Gasteiger partial charge in [0.2, 0.25) is 0 Å². The van der Waals surface area contributed by atoms with Gasteiger partial charge in [0.15, 0.2) is 0 Å². The zero-order valence-electron chi connectivity index (χ0n) is 12.4. The lowest BCUT2D eigenvalue weighted by Gasteiger charge is -2.21. The fourth-order valence-electron chi connectivity index (χ4n) is 2.89. The first-order valence-corrected chi connectivity index (χ1v) is 8.25. The van der Waals surface area contributed by atoms with E-state index in [0.29, 0.717) is 12.0 Å². The van der Waals surface area contributed by atoms with Crippen LogP contribution in [0.15, 0.2) is 24.3 Å². The Labute approximate surface area is 127 Å². The smallest absolute Gasteiger partial charge is 0.0576 e. The van der Waals surface area contributed by atoms with E-state index in [2.05, 4.69) is 24.4 Å². The second kappa shape index (κ2) is 8.66. The monoisotopic (exact) mass is 295 g/mol.